The Hall–Kier alpha value is 0.320. The molecule has 0 aliphatic carbocycles. The van der Waals surface area contributed by atoms with E-state index >= 15 is 0 Å². The van der Waals surface area contributed by atoms with Crippen molar-refractivity contribution in [3.8, 4) is 0 Å². The van der Waals surface area contributed by atoms with Crippen molar-refractivity contribution in [3.05, 3.63) is 0 Å². The number of hydrogen-bond donors (Lipinski definition) is 5. The molecule has 12 heavy (non-hydrogen) atoms. The lowest BCUT2D eigenvalue weighted by Crippen LogP contribution is -2.32. The third-order valence-corrected chi connectivity index (χ3v) is 4.32. The first kappa shape index (κ1) is 12.3. The van der Waals surface area contributed by atoms with Gasteiger partial charge in [-0.05, 0) is 6.92 Å². The van der Waals surface area contributed by atoms with Crippen LogP contribution in [0, 0.1) is 0 Å². The predicted molar refractivity (Wildman–Crippen MR) is 51.8 cm³/mol. The van der Waals surface area contributed by atoms with E-state index in [1.807, 2.05) is 5.09 Å². The van der Waals surface area contributed by atoms with Crippen LogP contribution in [0.2, 0.25) is 0 Å². The first-order chi connectivity index (χ1) is 5.27. The molecule has 0 bridgehead atoms. The molecule has 3 N–H and O–H groups in total. The highest BCUT2D eigenvalue weighted by Gasteiger charge is 2.28. The number of hydrogen-bond acceptors (Lipinski definition) is 4. The van der Waals surface area contributed by atoms with Crippen molar-refractivity contribution in [3.63, 3.8) is 0 Å². The summed E-state index contributed by atoms with van der Waals surface area (Å²) in [5.74, 6) is -1.20. The number of aliphatic carboxylic acids is 1. The number of carboxylic acids is 1. The van der Waals surface area contributed by atoms with Gasteiger partial charge in [0.25, 0.3) is 7.52 Å². The average Bonchev–Trinajstić information content (AvgIpc) is 1.85. The summed E-state index contributed by atoms with van der Waals surface area (Å²) in [5.41, 5.74) is 0. The SMILES string of the molecule is C[C@H](NP(=O)(O)C(S)S)C(=O)O. The fourth-order valence-electron chi connectivity index (χ4n) is 0.399. The highest BCUT2D eigenvalue weighted by atomic mass is 32.2. The Balaban J connectivity index is 4.25. The van der Waals surface area contributed by atoms with Crippen molar-refractivity contribution < 1.29 is 19.4 Å². The summed E-state index contributed by atoms with van der Waals surface area (Å²) in [6, 6.07) is -1.09. The van der Waals surface area contributed by atoms with E-state index in [-0.39, 0.29) is 0 Å². The fraction of sp³-hybridized carbons (Fsp3) is 0.750. The lowest BCUT2D eigenvalue weighted by atomic mass is 10.4. The van der Waals surface area contributed by atoms with Crippen LogP contribution in [0.1, 0.15) is 6.92 Å². The summed E-state index contributed by atoms with van der Waals surface area (Å²) in [6.45, 7) is 1.26. The summed E-state index contributed by atoms with van der Waals surface area (Å²) < 4.78 is 9.97. The zero-order valence-electron chi connectivity index (χ0n) is 6.21. The second-order valence-corrected chi connectivity index (χ2v) is 6.43. The van der Waals surface area contributed by atoms with Gasteiger partial charge in [0.15, 0.2) is 0 Å². The van der Waals surface area contributed by atoms with E-state index in [4.69, 9.17) is 10.00 Å². The van der Waals surface area contributed by atoms with Crippen molar-refractivity contribution in [1.29, 1.82) is 0 Å². The zero-order chi connectivity index (χ0) is 9.94. The predicted octanol–water partition coefficient (Wildman–Crippen LogP) is 0.378. The molecule has 72 valence electrons. The second-order valence-electron chi connectivity index (χ2n) is 2.16. The van der Waals surface area contributed by atoms with Crippen LogP contribution in [0.3, 0.4) is 0 Å². The van der Waals surface area contributed by atoms with E-state index in [9.17, 15) is 9.36 Å². The molecule has 2 atom stereocenters. The summed E-state index contributed by atoms with van der Waals surface area (Å²) in [7, 11) is -3.78. The number of nitrogens with one attached hydrogen (secondary N) is 1. The van der Waals surface area contributed by atoms with Gasteiger partial charge in [0.05, 0.1) is 0 Å². The van der Waals surface area contributed by atoms with Gasteiger partial charge >= 0.3 is 5.97 Å². The van der Waals surface area contributed by atoms with Gasteiger partial charge in [-0.3, -0.25) is 9.36 Å². The quantitative estimate of drug-likeness (QED) is 0.274. The van der Waals surface area contributed by atoms with Gasteiger partial charge in [0.1, 0.15) is 10.4 Å². The molecule has 0 rings (SSSR count). The van der Waals surface area contributed by atoms with Crippen LogP contribution in [0.15, 0.2) is 0 Å². The van der Waals surface area contributed by atoms with Crippen LogP contribution in [0.5, 0.6) is 0 Å². The van der Waals surface area contributed by atoms with Crippen LogP contribution in [-0.4, -0.2) is 26.3 Å². The van der Waals surface area contributed by atoms with E-state index < -0.39 is 23.9 Å². The standard InChI is InChI=1S/C4H10NO4PS2/c1-2(3(6)7)5-10(8,9)4(11)12/h2,4,11-12H,1H3,(H,6,7)(H2,5,8,9)/t2-/m0/s1. The summed E-state index contributed by atoms with van der Waals surface area (Å²) in [6.07, 6.45) is 0. The van der Waals surface area contributed by atoms with Gasteiger partial charge in [0, 0.05) is 0 Å². The minimum absolute atomic E-state index is 1.08. The Morgan fingerprint density at radius 3 is 2.25 bits per heavy atom. The molecular formula is C4H10NO4PS2. The highest BCUT2D eigenvalue weighted by molar-refractivity contribution is 8.08. The lowest BCUT2D eigenvalue weighted by molar-refractivity contribution is -0.138. The molecule has 0 amide bonds. The Labute approximate surface area is 80.9 Å². The Bertz CT molecular complexity index is 221. The number of rotatable bonds is 4. The van der Waals surface area contributed by atoms with Crippen molar-refractivity contribution in [2.45, 2.75) is 17.3 Å². The first-order valence-corrected chi connectivity index (χ1v) is 5.72. The molecule has 0 heterocycles. The third-order valence-electron chi connectivity index (χ3n) is 1.06. The van der Waals surface area contributed by atoms with E-state index in [0.29, 0.717) is 0 Å². The van der Waals surface area contributed by atoms with Crippen molar-refractivity contribution in [2.75, 3.05) is 0 Å². The van der Waals surface area contributed by atoms with Gasteiger partial charge < -0.3 is 10.00 Å². The van der Waals surface area contributed by atoms with E-state index in [2.05, 4.69) is 25.3 Å². The van der Waals surface area contributed by atoms with Crippen molar-refractivity contribution in [2.24, 2.45) is 0 Å². The van der Waals surface area contributed by atoms with Gasteiger partial charge in [-0.1, -0.05) is 0 Å². The van der Waals surface area contributed by atoms with Gasteiger partial charge in [0.2, 0.25) is 0 Å². The fourth-order valence-corrected chi connectivity index (χ4v) is 1.60. The second kappa shape index (κ2) is 4.53. The normalized spacial score (nSPS) is 18.8. The first-order valence-electron chi connectivity index (χ1n) is 2.96. The number of thiol groups is 2. The zero-order valence-corrected chi connectivity index (χ0v) is 8.89. The molecule has 0 fully saturated rings. The molecule has 5 nitrogen and oxygen atoms in total. The Morgan fingerprint density at radius 1 is 1.58 bits per heavy atom. The van der Waals surface area contributed by atoms with E-state index in [1.165, 1.54) is 6.92 Å². The summed E-state index contributed by atoms with van der Waals surface area (Å²) in [4.78, 5) is 19.3. The van der Waals surface area contributed by atoms with Gasteiger partial charge in [-0.15, -0.1) is 0 Å². The molecule has 0 aromatic heterocycles. The molecule has 0 aromatic rings. The minimum atomic E-state index is -3.78. The topological polar surface area (TPSA) is 86.6 Å². The molecule has 0 saturated carbocycles. The van der Waals surface area contributed by atoms with Crippen molar-refractivity contribution in [1.82, 2.24) is 5.09 Å². The van der Waals surface area contributed by atoms with E-state index in [0.717, 1.165) is 0 Å². The molecule has 0 saturated heterocycles. The molecular weight excluding hydrogens is 221 g/mol. The molecule has 0 radical (unpaired) electrons. The van der Waals surface area contributed by atoms with Crippen LogP contribution in [-0.2, 0) is 9.36 Å². The minimum Gasteiger partial charge on any atom is -0.480 e. The maximum Gasteiger partial charge on any atom is 0.320 e. The number of carboxylic acid groups (broad SMARTS) is 1. The molecule has 0 aromatic carbocycles. The largest absolute Gasteiger partial charge is 0.480 e. The molecule has 8 heteroatoms. The van der Waals surface area contributed by atoms with Crippen LogP contribution < -0.4 is 5.09 Å². The Kier molecular flexibility index (Phi) is 4.65. The van der Waals surface area contributed by atoms with Crippen LogP contribution >= 0.6 is 32.8 Å². The van der Waals surface area contributed by atoms with Crippen molar-refractivity contribution >= 4 is 38.7 Å². The molecule has 0 aliphatic heterocycles. The van der Waals surface area contributed by atoms with Crippen LogP contribution in [0.25, 0.3) is 0 Å². The smallest absolute Gasteiger partial charge is 0.320 e. The van der Waals surface area contributed by atoms with Crippen LogP contribution in [0.4, 0.5) is 0 Å². The lowest BCUT2D eigenvalue weighted by Gasteiger charge is -2.17. The molecule has 0 spiro atoms. The van der Waals surface area contributed by atoms with E-state index in [1.54, 1.807) is 0 Å². The maximum atomic E-state index is 11.1. The third kappa shape index (κ3) is 3.82. The summed E-state index contributed by atoms with van der Waals surface area (Å²) >= 11 is 7.23. The number of carbonyl (C=O) groups is 1. The maximum absolute atomic E-state index is 11.1. The average molecular weight is 231 g/mol. The summed E-state index contributed by atoms with van der Waals surface area (Å²) in [5, 5.41) is 10.4. The monoisotopic (exact) mass is 231 g/mol. The Morgan fingerprint density at radius 2 is 2.00 bits per heavy atom. The van der Waals surface area contributed by atoms with Gasteiger partial charge in [-0.2, -0.15) is 25.3 Å². The van der Waals surface area contributed by atoms with Gasteiger partial charge in [-0.25, -0.2) is 5.09 Å². The molecule has 0 aliphatic rings. The highest BCUT2D eigenvalue weighted by Crippen LogP contribution is 2.46. The molecule has 1 unspecified atom stereocenters.